The van der Waals surface area contributed by atoms with Gasteiger partial charge in [-0.15, -0.1) is 0 Å². The molecule has 0 N–H and O–H groups in total. The van der Waals surface area contributed by atoms with Gasteiger partial charge < -0.3 is 4.74 Å². The number of carbonyl (C=O) groups excluding carboxylic acids is 3. The highest BCUT2D eigenvalue weighted by molar-refractivity contribution is 6.30. The number of ether oxygens (including phenoxy) is 1. The van der Waals surface area contributed by atoms with Gasteiger partial charge in [0.1, 0.15) is 6.61 Å². The number of carbonyl (C=O) groups is 3. The molecular weight excluding hydrogens is 452 g/mol. The van der Waals surface area contributed by atoms with Crippen LogP contribution in [0.2, 0.25) is 5.02 Å². The van der Waals surface area contributed by atoms with Crippen LogP contribution >= 0.6 is 11.6 Å². The summed E-state index contributed by atoms with van der Waals surface area (Å²) in [6.45, 7) is 2.16. The number of amides is 2. The van der Waals surface area contributed by atoms with E-state index in [0.29, 0.717) is 34.9 Å². The zero-order valence-electron chi connectivity index (χ0n) is 18.5. The summed E-state index contributed by atoms with van der Waals surface area (Å²) in [6, 6.07) is 20.6. The Kier molecular flexibility index (Phi) is 4.58. The molecule has 2 fully saturated rings. The number of anilines is 3. The summed E-state index contributed by atoms with van der Waals surface area (Å²) in [6.07, 6.45) is 0.250. The molecule has 0 unspecified atom stereocenters. The Morgan fingerprint density at radius 2 is 1.76 bits per heavy atom. The average molecular weight is 473 g/mol. The minimum atomic E-state index is -0.649. The lowest BCUT2D eigenvalue weighted by atomic mass is 9.92. The minimum Gasteiger partial charge on any atom is -0.447 e. The van der Waals surface area contributed by atoms with Gasteiger partial charge in [0.2, 0.25) is 5.91 Å². The van der Waals surface area contributed by atoms with Crippen LogP contribution in [-0.4, -0.2) is 30.9 Å². The second kappa shape index (κ2) is 7.43. The van der Waals surface area contributed by atoms with Crippen LogP contribution in [0.25, 0.3) is 0 Å². The molecule has 0 radical (unpaired) electrons. The van der Waals surface area contributed by atoms with E-state index in [1.807, 2.05) is 48.5 Å². The molecule has 6 nitrogen and oxygen atoms in total. The predicted molar refractivity (Wildman–Crippen MR) is 129 cm³/mol. The Morgan fingerprint density at radius 1 is 1.03 bits per heavy atom. The summed E-state index contributed by atoms with van der Waals surface area (Å²) in [4.78, 5) is 41.8. The highest BCUT2D eigenvalue weighted by atomic mass is 35.5. The first kappa shape index (κ1) is 20.9. The largest absolute Gasteiger partial charge is 0.447 e. The maximum absolute atomic E-state index is 14.1. The molecule has 1 spiro atoms. The highest BCUT2D eigenvalue weighted by Crippen LogP contribution is 2.67. The van der Waals surface area contributed by atoms with Crippen molar-refractivity contribution in [1.29, 1.82) is 0 Å². The van der Waals surface area contributed by atoms with Crippen molar-refractivity contribution in [3.05, 3.63) is 88.4 Å². The maximum Gasteiger partial charge on any atom is 0.414 e. The number of halogens is 1. The highest BCUT2D eigenvalue weighted by Gasteiger charge is 2.67. The number of hydrogen-bond donors (Lipinski definition) is 0. The van der Waals surface area contributed by atoms with E-state index in [-0.39, 0.29) is 24.2 Å². The molecule has 34 heavy (non-hydrogen) atoms. The molecule has 6 rings (SSSR count). The molecule has 170 valence electrons. The van der Waals surface area contributed by atoms with Gasteiger partial charge in [0.05, 0.1) is 23.3 Å². The third-order valence-electron chi connectivity index (χ3n) is 7.08. The van der Waals surface area contributed by atoms with Gasteiger partial charge in [0.25, 0.3) is 0 Å². The molecule has 2 aliphatic heterocycles. The zero-order valence-corrected chi connectivity index (χ0v) is 19.2. The second-order valence-corrected chi connectivity index (χ2v) is 9.43. The predicted octanol–water partition coefficient (Wildman–Crippen LogP) is 5.60. The Balaban J connectivity index is 1.47. The lowest BCUT2D eigenvalue weighted by Crippen LogP contribution is -2.30. The van der Waals surface area contributed by atoms with Crippen LogP contribution in [0.1, 0.15) is 40.7 Å². The first-order valence-corrected chi connectivity index (χ1v) is 11.6. The second-order valence-electron chi connectivity index (χ2n) is 9.00. The van der Waals surface area contributed by atoms with Gasteiger partial charge in [-0.3, -0.25) is 19.4 Å². The van der Waals surface area contributed by atoms with E-state index in [2.05, 4.69) is 0 Å². The van der Waals surface area contributed by atoms with Crippen molar-refractivity contribution >= 4 is 46.4 Å². The quantitative estimate of drug-likeness (QED) is 0.463. The SMILES string of the molecule is CC(=O)c1cc(N2CCOC2=O)cc(N2C(=O)[C@@]3(C[C@@H]3c3ccc(Cl)cc3)c3ccccc32)c1. The van der Waals surface area contributed by atoms with Crippen molar-refractivity contribution < 1.29 is 19.1 Å². The van der Waals surface area contributed by atoms with Gasteiger partial charge in [-0.25, -0.2) is 4.79 Å². The summed E-state index contributed by atoms with van der Waals surface area (Å²) < 4.78 is 5.09. The number of hydrogen-bond acceptors (Lipinski definition) is 4. The summed E-state index contributed by atoms with van der Waals surface area (Å²) in [5.41, 5.74) is 3.76. The molecule has 3 aliphatic rings. The number of ketones is 1. The van der Waals surface area contributed by atoms with E-state index in [9.17, 15) is 14.4 Å². The molecule has 0 aromatic heterocycles. The standard InChI is InChI=1S/C27H21ClN2O4/c1-16(31)18-12-20(29-10-11-34-26(29)33)14-21(13-18)30-24-5-3-2-4-22(24)27(25(30)32)15-23(27)17-6-8-19(28)9-7-17/h2-9,12-14,23H,10-11,15H2,1H3/t23-,27+/m1/s1. The zero-order chi connectivity index (χ0) is 23.6. The maximum atomic E-state index is 14.1. The Labute approximate surface area is 201 Å². The van der Waals surface area contributed by atoms with Crippen molar-refractivity contribution in [3.63, 3.8) is 0 Å². The number of fused-ring (bicyclic) bond motifs is 2. The van der Waals surface area contributed by atoms with Gasteiger partial charge >= 0.3 is 6.09 Å². The number of benzene rings is 3. The number of nitrogens with zero attached hydrogens (tertiary/aromatic N) is 2. The normalized spacial score (nSPS) is 22.8. The number of cyclic esters (lactones) is 1. The van der Waals surface area contributed by atoms with E-state index in [0.717, 1.165) is 16.8 Å². The topological polar surface area (TPSA) is 66.9 Å². The summed E-state index contributed by atoms with van der Waals surface area (Å²) in [5.74, 6) is -0.118. The molecular formula is C27H21ClN2O4. The summed E-state index contributed by atoms with van der Waals surface area (Å²) >= 11 is 6.08. The van der Waals surface area contributed by atoms with Gasteiger partial charge in [-0.2, -0.15) is 0 Å². The van der Waals surface area contributed by atoms with Crippen LogP contribution < -0.4 is 9.80 Å². The van der Waals surface area contributed by atoms with E-state index < -0.39 is 11.5 Å². The Bertz CT molecular complexity index is 1370. The third kappa shape index (κ3) is 2.98. The summed E-state index contributed by atoms with van der Waals surface area (Å²) in [5, 5.41) is 0.659. The molecule has 2 atom stereocenters. The van der Waals surface area contributed by atoms with Crippen molar-refractivity contribution in [1.82, 2.24) is 0 Å². The monoisotopic (exact) mass is 472 g/mol. The third-order valence-corrected chi connectivity index (χ3v) is 7.34. The molecule has 7 heteroatoms. The first-order valence-electron chi connectivity index (χ1n) is 11.2. The molecule has 2 amide bonds. The number of para-hydroxylation sites is 1. The molecule has 2 heterocycles. The fraction of sp³-hybridized carbons (Fsp3) is 0.222. The van der Waals surface area contributed by atoms with Crippen molar-refractivity contribution in [3.8, 4) is 0 Å². The minimum absolute atomic E-state index is 0.0238. The molecule has 0 bridgehead atoms. The first-order chi connectivity index (χ1) is 16.4. The van der Waals surface area contributed by atoms with E-state index in [4.69, 9.17) is 16.3 Å². The number of rotatable bonds is 4. The van der Waals surface area contributed by atoms with Crippen LogP contribution in [0, 0.1) is 0 Å². The smallest absolute Gasteiger partial charge is 0.414 e. The van der Waals surface area contributed by atoms with Crippen LogP contribution in [0.4, 0.5) is 21.9 Å². The summed E-state index contributed by atoms with van der Waals surface area (Å²) in [7, 11) is 0. The molecule has 1 saturated carbocycles. The van der Waals surface area contributed by atoms with E-state index >= 15 is 0 Å². The van der Waals surface area contributed by atoms with Gasteiger partial charge in [0, 0.05) is 22.2 Å². The van der Waals surface area contributed by atoms with Crippen LogP contribution in [-0.2, 0) is 14.9 Å². The van der Waals surface area contributed by atoms with Crippen LogP contribution in [0.5, 0.6) is 0 Å². The van der Waals surface area contributed by atoms with Gasteiger partial charge in [-0.1, -0.05) is 41.9 Å². The molecule has 1 saturated heterocycles. The van der Waals surface area contributed by atoms with Crippen molar-refractivity contribution in [2.75, 3.05) is 23.0 Å². The fourth-order valence-electron chi connectivity index (χ4n) is 5.33. The molecule has 3 aromatic rings. The number of Topliss-reactive ketones (excluding diaryl/α,β-unsaturated/α-hetero) is 1. The lowest BCUT2D eigenvalue weighted by molar-refractivity contribution is -0.119. The Hall–Kier alpha value is -3.64. The fourth-order valence-corrected chi connectivity index (χ4v) is 5.46. The molecule has 1 aliphatic carbocycles. The lowest BCUT2D eigenvalue weighted by Gasteiger charge is -2.22. The van der Waals surface area contributed by atoms with Crippen LogP contribution in [0.3, 0.4) is 0 Å². The van der Waals surface area contributed by atoms with Gasteiger partial charge in [-0.05, 0) is 60.9 Å². The van der Waals surface area contributed by atoms with E-state index in [1.54, 1.807) is 23.1 Å². The Morgan fingerprint density at radius 3 is 2.47 bits per heavy atom. The molecule has 3 aromatic carbocycles. The van der Waals surface area contributed by atoms with Crippen molar-refractivity contribution in [2.24, 2.45) is 0 Å². The van der Waals surface area contributed by atoms with Crippen molar-refractivity contribution in [2.45, 2.75) is 24.7 Å². The average Bonchev–Trinajstić information content (AvgIpc) is 3.36. The van der Waals surface area contributed by atoms with E-state index in [1.165, 1.54) is 11.8 Å². The van der Waals surface area contributed by atoms with Crippen LogP contribution in [0.15, 0.2) is 66.7 Å². The van der Waals surface area contributed by atoms with Gasteiger partial charge in [0.15, 0.2) is 5.78 Å².